The number of thiophene rings is 1. The van der Waals surface area contributed by atoms with E-state index < -0.39 is 22.0 Å². The van der Waals surface area contributed by atoms with Crippen molar-refractivity contribution in [3.05, 3.63) is 29.2 Å². The van der Waals surface area contributed by atoms with Gasteiger partial charge in [-0.3, -0.25) is 4.79 Å². The Morgan fingerprint density at radius 3 is 2.52 bits per heavy atom. The molecule has 0 fully saturated rings. The van der Waals surface area contributed by atoms with E-state index in [-0.39, 0.29) is 22.6 Å². The van der Waals surface area contributed by atoms with Crippen molar-refractivity contribution in [3.8, 4) is 0 Å². The Morgan fingerprint density at radius 1 is 1.33 bits per heavy atom. The molecule has 21 heavy (non-hydrogen) atoms. The molecule has 1 aliphatic rings. The van der Waals surface area contributed by atoms with Gasteiger partial charge in [-0.15, -0.1) is 11.3 Å². The van der Waals surface area contributed by atoms with Crippen molar-refractivity contribution >= 4 is 27.3 Å². The minimum absolute atomic E-state index is 0.0993. The maximum atomic E-state index is 12.7. The van der Waals surface area contributed by atoms with Crippen LogP contribution in [0.25, 0.3) is 0 Å². The Labute approximate surface area is 129 Å². The predicted molar refractivity (Wildman–Crippen MR) is 82.1 cm³/mol. The second-order valence-corrected chi connectivity index (χ2v) is 9.21. The third-order valence-electron chi connectivity index (χ3n) is 3.33. The van der Waals surface area contributed by atoms with Crippen molar-refractivity contribution in [1.29, 1.82) is 0 Å². The number of nitrogens with zero attached hydrogens (tertiary/aromatic N) is 1. The number of carboxylic acid groups (broad SMARTS) is 1. The molecule has 1 atom stereocenters. The van der Waals surface area contributed by atoms with Crippen molar-refractivity contribution in [2.45, 2.75) is 42.9 Å². The van der Waals surface area contributed by atoms with E-state index in [0.29, 0.717) is 0 Å². The summed E-state index contributed by atoms with van der Waals surface area (Å²) in [7, 11) is -3.78. The van der Waals surface area contributed by atoms with Gasteiger partial charge in [-0.25, -0.2) is 8.42 Å². The fourth-order valence-corrected chi connectivity index (χ4v) is 5.15. The number of carbonyl (C=O) groups is 1. The second kappa shape index (κ2) is 5.55. The van der Waals surface area contributed by atoms with Crippen molar-refractivity contribution in [2.24, 2.45) is 0 Å². The summed E-state index contributed by atoms with van der Waals surface area (Å²) in [6, 6.07) is 2.34. The molecule has 0 bridgehead atoms. The van der Waals surface area contributed by atoms with E-state index in [2.05, 4.69) is 0 Å². The van der Waals surface area contributed by atoms with Crippen LogP contribution in [-0.4, -0.2) is 36.4 Å². The standard InChI is InChI=1S/C14H19NO4S2/c1-14(2,3)11-7-8-12(20-11)21(18,19)15-9-5-4-6-10(15)13(16)17/h4-5,7-8,10H,6,9H2,1-3H3,(H,16,17). The van der Waals surface area contributed by atoms with Gasteiger partial charge in [0.05, 0.1) is 0 Å². The van der Waals surface area contributed by atoms with E-state index in [0.717, 1.165) is 9.18 Å². The van der Waals surface area contributed by atoms with Crippen molar-refractivity contribution in [2.75, 3.05) is 6.54 Å². The molecule has 116 valence electrons. The molecule has 2 rings (SSSR count). The van der Waals surface area contributed by atoms with Gasteiger partial charge in [0.2, 0.25) is 0 Å². The molecule has 0 saturated heterocycles. The third kappa shape index (κ3) is 3.20. The molecule has 0 amide bonds. The van der Waals surface area contributed by atoms with E-state index in [1.807, 2.05) is 20.8 Å². The van der Waals surface area contributed by atoms with E-state index in [1.165, 1.54) is 11.3 Å². The average molecular weight is 329 g/mol. The first-order chi connectivity index (χ1) is 9.64. The topological polar surface area (TPSA) is 74.7 Å². The minimum atomic E-state index is -3.78. The summed E-state index contributed by atoms with van der Waals surface area (Å²) in [6.45, 7) is 6.14. The van der Waals surface area contributed by atoms with Crippen LogP contribution < -0.4 is 0 Å². The Hall–Kier alpha value is -1.18. The second-order valence-electron chi connectivity index (χ2n) is 6.00. The van der Waals surface area contributed by atoms with Crippen LogP contribution in [0, 0.1) is 0 Å². The Bertz CT molecular complexity index is 667. The lowest BCUT2D eigenvalue weighted by molar-refractivity contribution is -0.141. The van der Waals surface area contributed by atoms with Crippen LogP contribution in [0.1, 0.15) is 32.1 Å². The number of sulfonamides is 1. The molecule has 1 aromatic heterocycles. The predicted octanol–water partition coefficient (Wildman–Crippen LogP) is 2.45. The zero-order valence-corrected chi connectivity index (χ0v) is 13.9. The van der Waals surface area contributed by atoms with Crippen LogP contribution in [0.15, 0.2) is 28.5 Å². The number of rotatable bonds is 3. The largest absolute Gasteiger partial charge is 0.480 e. The molecule has 1 aliphatic heterocycles. The minimum Gasteiger partial charge on any atom is -0.480 e. The zero-order chi connectivity index (χ0) is 15.8. The first kappa shape index (κ1) is 16.2. The Balaban J connectivity index is 2.39. The molecule has 7 heteroatoms. The fourth-order valence-electron chi connectivity index (χ4n) is 2.12. The summed E-state index contributed by atoms with van der Waals surface area (Å²) in [5, 5.41) is 9.22. The van der Waals surface area contributed by atoms with Gasteiger partial charge in [0.25, 0.3) is 10.0 Å². The van der Waals surface area contributed by atoms with Crippen LogP contribution in [0.2, 0.25) is 0 Å². The fraction of sp³-hybridized carbons (Fsp3) is 0.500. The summed E-state index contributed by atoms with van der Waals surface area (Å²) in [4.78, 5) is 12.2. The first-order valence-electron chi connectivity index (χ1n) is 6.64. The van der Waals surface area contributed by atoms with Gasteiger partial charge in [-0.1, -0.05) is 32.9 Å². The molecule has 5 nitrogen and oxygen atoms in total. The molecule has 0 saturated carbocycles. The molecule has 0 aliphatic carbocycles. The molecule has 0 radical (unpaired) electrons. The lowest BCUT2D eigenvalue weighted by Crippen LogP contribution is -2.46. The van der Waals surface area contributed by atoms with Crippen LogP contribution in [0.4, 0.5) is 0 Å². The highest BCUT2D eigenvalue weighted by Crippen LogP contribution is 2.34. The van der Waals surface area contributed by atoms with E-state index in [1.54, 1.807) is 24.3 Å². The Morgan fingerprint density at radius 2 is 2.00 bits per heavy atom. The van der Waals surface area contributed by atoms with Gasteiger partial charge in [0, 0.05) is 11.4 Å². The maximum absolute atomic E-state index is 12.7. The number of aliphatic carboxylic acids is 1. The monoisotopic (exact) mass is 329 g/mol. The summed E-state index contributed by atoms with van der Waals surface area (Å²) in [5.41, 5.74) is -0.133. The molecule has 1 unspecified atom stereocenters. The van der Waals surface area contributed by atoms with Gasteiger partial charge in [0.1, 0.15) is 10.3 Å². The molecular weight excluding hydrogens is 310 g/mol. The van der Waals surface area contributed by atoms with Crippen LogP contribution >= 0.6 is 11.3 Å². The van der Waals surface area contributed by atoms with E-state index in [4.69, 9.17) is 0 Å². The molecule has 0 spiro atoms. The highest BCUT2D eigenvalue weighted by molar-refractivity contribution is 7.91. The number of carboxylic acids is 1. The summed E-state index contributed by atoms with van der Waals surface area (Å²) >= 11 is 1.21. The third-order valence-corrected chi connectivity index (χ3v) is 7.18. The molecule has 2 heterocycles. The zero-order valence-electron chi connectivity index (χ0n) is 12.2. The van der Waals surface area contributed by atoms with Crippen LogP contribution in [0.5, 0.6) is 0 Å². The van der Waals surface area contributed by atoms with Crippen LogP contribution in [0.3, 0.4) is 0 Å². The van der Waals surface area contributed by atoms with Gasteiger partial charge < -0.3 is 5.11 Å². The van der Waals surface area contributed by atoms with Gasteiger partial charge in [0.15, 0.2) is 0 Å². The number of hydrogen-bond acceptors (Lipinski definition) is 4. The lowest BCUT2D eigenvalue weighted by Gasteiger charge is -2.28. The highest BCUT2D eigenvalue weighted by atomic mass is 32.2. The van der Waals surface area contributed by atoms with Gasteiger partial charge in [-0.2, -0.15) is 4.31 Å². The summed E-state index contributed by atoms with van der Waals surface area (Å²) in [6.07, 6.45) is 3.60. The quantitative estimate of drug-likeness (QED) is 0.864. The SMILES string of the molecule is CC(C)(C)c1ccc(S(=O)(=O)N2CC=CCC2C(=O)O)s1. The Kier molecular flexibility index (Phi) is 4.28. The maximum Gasteiger partial charge on any atom is 0.322 e. The van der Waals surface area contributed by atoms with Gasteiger partial charge in [-0.05, 0) is 24.0 Å². The first-order valence-corrected chi connectivity index (χ1v) is 8.89. The summed E-state index contributed by atoms with van der Waals surface area (Å²) in [5.74, 6) is -1.12. The van der Waals surface area contributed by atoms with Crippen molar-refractivity contribution in [1.82, 2.24) is 4.31 Å². The van der Waals surface area contributed by atoms with E-state index >= 15 is 0 Å². The highest BCUT2D eigenvalue weighted by Gasteiger charge is 2.37. The van der Waals surface area contributed by atoms with Crippen molar-refractivity contribution < 1.29 is 18.3 Å². The van der Waals surface area contributed by atoms with Crippen LogP contribution in [-0.2, 0) is 20.2 Å². The van der Waals surface area contributed by atoms with Gasteiger partial charge >= 0.3 is 5.97 Å². The molecule has 0 aromatic carbocycles. The molecular formula is C14H19NO4S2. The molecule has 1 N–H and O–H groups in total. The number of hydrogen-bond donors (Lipinski definition) is 1. The smallest absolute Gasteiger partial charge is 0.322 e. The van der Waals surface area contributed by atoms with E-state index in [9.17, 15) is 18.3 Å². The normalized spacial score (nSPS) is 20.6. The van der Waals surface area contributed by atoms with Crippen molar-refractivity contribution in [3.63, 3.8) is 0 Å². The summed E-state index contributed by atoms with van der Waals surface area (Å²) < 4.78 is 26.6. The lowest BCUT2D eigenvalue weighted by atomic mass is 9.95. The average Bonchev–Trinajstić information content (AvgIpc) is 2.88. The molecule has 1 aromatic rings.